The summed E-state index contributed by atoms with van der Waals surface area (Å²) >= 11 is 17.1. The highest BCUT2D eigenvalue weighted by Crippen LogP contribution is 2.31. The van der Waals surface area contributed by atoms with E-state index in [9.17, 15) is 4.79 Å². The standard InChI is InChI=1S/C22H16Cl2N4O2S/c1-12-9-17(26-22(31)28-21(29)14-3-6-16(23)7-4-14)10-13(2)19(12)30-18-8-5-15(11-25)20(24)27-18/h3-10H,1-2H3,(H2,26,28,29,31). The Balaban J connectivity index is 1.70. The maximum Gasteiger partial charge on any atom is 0.257 e. The first-order valence-electron chi connectivity index (χ1n) is 9.00. The summed E-state index contributed by atoms with van der Waals surface area (Å²) < 4.78 is 5.87. The van der Waals surface area contributed by atoms with Crippen LogP contribution in [0.2, 0.25) is 10.2 Å². The molecular formula is C22H16Cl2N4O2S. The van der Waals surface area contributed by atoms with Crippen molar-refractivity contribution in [3.63, 3.8) is 0 Å². The molecule has 0 aliphatic heterocycles. The Kier molecular flexibility index (Phi) is 7.08. The van der Waals surface area contributed by atoms with Gasteiger partial charge in [0.1, 0.15) is 11.8 Å². The largest absolute Gasteiger partial charge is 0.438 e. The number of ether oxygens (including phenoxy) is 1. The zero-order valence-electron chi connectivity index (χ0n) is 16.5. The minimum Gasteiger partial charge on any atom is -0.438 e. The zero-order valence-corrected chi connectivity index (χ0v) is 18.8. The van der Waals surface area contributed by atoms with Crippen LogP contribution in [0.15, 0.2) is 48.5 Å². The van der Waals surface area contributed by atoms with Gasteiger partial charge in [0.2, 0.25) is 5.88 Å². The lowest BCUT2D eigenvalue weighted by Crippen LogP contribution is -2.34. The number of nitriles is 1. The number of amides is 1. The summed E-state index contributed by atoms with van der Waals surface area (Å²) in [6.07, 6.45) is 0. The Morgan fingerprint density at radius 2 is 1.74 bits per heavy atom. The monoisotopic (exact) mass is 470 g/mol. The van der Waals surface area contributed by atoms with Crippen molar-refractivity contribution in [1.29, 1.82) is 5.26 Å². The van der Waals surface area contributed by atoms with Crippen LogP contribution < -0.4 is 15.4 Å². The van der Waals surface area contributed by atoms with Crippen molar-refractivity contribution in [2.24, 2.45) is 0 Å². The number of hydrogen-bond acceptors (Lipinski definition) is 5. The second kappa shape index (κ2) is 9.75. The highest BCUT2D eigenvalue weighted by Gasteiger charge is 2.12. The highest BCUT2D eigenvalue weighted by atomic mass is 35.5. The van der Waals surface area contributed by atoms with Crippen LogP contribution in [-0.2, 0) is 0 Å². The fourth-order valence-electron chi connectivity index (χ4n) is 2.78. The van der Waals surface area contributed by atoms with Gasteiger partial charge in [0.15, 0.2) is 10.3 Å². The predicted molar refractivity (Wildman–Crippen MR) is 125 cm³/mol. The first-order chi connectivity index (χ1) is 14.8. The van der Waals surface area contributed by atoms with Gasteiger partial charge in [0, 0.05) is 22.3 Å². The van der Waals surface area contributed by atoms with Crippen molar-refractivity contribution >= 4 is 52.1 Å². The fraction of sp³-hybridized carbons (Fsp3) is 0.0909. The van der Waals surface area contributed by atoms with Gasteiger partial charge in [0.25, 0.3) is 5.91 Å². The van der Waals surface area contributed by atoms with Crippen LogP contribution in [0, 0.1) is 25.2 Å². The Labute approximate surface area is 194 Å². The number of benzene rings is 2. The van der Waals surface area contributed by atoms with E-state index in [0.717, 1.165) is 11.1 Å². The molecule has 0 atom stereocenters. The molecule has 0 fully saturated rings. The molecule has 1 heterocycles. The highest BCUT2D eigenvalue weighted by molar-refractivity contribution is 7.80. The number of hydrogen-bond donors (Lipinski definition) is 2. The maximum atomic E-state index is 12.3. The number of thiocarbonyl (C=S) groups is 1. The molecule has 0 aliphatic carbocycles. The van der Waals surface area contributed by atoms with E-state index in [0.29, 0.717) is 22.0 Å². The number of carbonyl (C=O) groups is 1. The third-order valence-corrected chi connectivity index (χ3v) is 4.95. The predicted octanol–water partition coefficient (Wildman–Crippen LogP) is 5.80. The number of aryl methyl sites for hydroxylation is 2. The quantitative estimate of drug-likeness (QED) is 0.370. The third-order valence-electron chi connectivity index (χ3n) is 4.20. The average molecular weight is 471 g/mol. The summed E-state index contributed by atoms with van der Waals surface area (Å²) in [7, 11) is 0. The summed E-state index contributed by atoms with van der Waals surface area (Å²) in [6, 6.07) is 15.2. The van der Waals surface area contributed by atoms with Gasteiger partial charge in [-0.25, -0.2) is 0 Å². The van der Waals surface area contributed by atoms with E-state index in [1.165, 1.54) is 0 Å². The number of carbonyl (C=O) groups excluding carboxylic acids is 1. The second-order valence-corrected chi connectivity index (χ2v) is 7.76. The van der Waals surface area contributed by atoms with Crippen molar-refractivity contribution in [2.75, 3.05) is 5.32 Å². The van der Waals surface area contributed by atoms with Crippen LogP contribution in [0.1, 0.15) is 27.0 Å². The summed E-state index contributed by atoms with van der Waals surface area (Å²) in [6.45, 7) is 3.74. The smallest absolute Gasteiger partial charge is 0.257 e. The molecule has 2 aromatic carbocycles. The number of anilines is 1. The molecule has 0 bridgehead atoms. The average Bonchev–Trinajstić information content (AvgIpc) is 2.71. The molecule has 6 nitrogen and oxygen atoms in total. The second-order valence-electron chi connectivity index (χ2n) is 6.56. The van der Waals surface area contributed by atoms with Crippen LogP contribution in [0.4, 0.5) is 5.69 Å². The van der Waals surface area contributed by atoms with Gasteiger partial charge in [-0.3, -0.25) is 10.1 Å². The fourth-order valence-corrected chi connectivity index (χ4v) is 3.31. The van der Waals surface area contributed by atoms with E-state index in [-0.39, 0.29) is 27.6 Å². The van der Waals surface area contributed by atoms with Crippen molar-refractivity contribution in [3.8, 4) is 17.7 Å². The number of pyridine rings is 1. The van der Waals surface area contributed by atoms with Crippen molar-refractivity contribution in [2.45, 2.75) is 13.8 Å². The van der Waals surface area contributed by atoms with E-state index in [4.69, 9.17) is 45.4 Å². The van der Waals surface area contributed by atoms with Crippen LogP contribution in [0.25, 0.3) is 0 Å². The first-order valence-corrected chi connectivity index (χ1v) is 10.2. The topological polar surface area (TPSA) is 87.0 Å². The van der Waals surface area contributed by atoms with Gasteiger partial charge in [-0.15, -0.1) is 0 Å². The minimum absolute atomic E-state index is 0.0790. The summed E-state index contributed by atoms with van der Waals surface area (Å²) in [5.74, 6) is 0.544. The molecule has 3 aromatic rings. The molecule has 2 N–H and O–H groups in total. The lowest BCUT2D eigenvalue weighted by atomic mass is 10.1. The minimum atomic E-state index is -0.341. The van der Waals surface area contributed by atoms with E-state index >= 15 is 0 Å². The van der Waals surface area contributed by atoms with Crippen LogP contribution in [-0.4, -0.2) is 16.0 Å². The maximum absolute atomic E-state index is 12.3. The lowest BCUT2D eigenvalue weighted by Gasteiger charge is -2.15. The van der Waals surface area contributed by atoms with Gasteiger partial charge in [-0.05, 0) is 79.7 Å². The summed E-state index contributed by atoms with van der Waals surface area (Å²) in [4.78, 5) is 16.4. The van der Waals surface area contributed by atoms with Crippen LogP contribution >= 0.6 is 35.4 Å². The molecule has 0 saturated carbocycles. The third kappa shape index (κ3) is 5.70. The van der Waals surface area contributed by atoms with E-state index in [2.05, 4.69) is 15.6 Å². The lowest BCUT2D eigenvalue weighted by molar-refractivity contribution is 0.0977. The van der Waals surface area contributed by atoms with Crippen molar-refractivity contribution in [3.05, 3.63) is 81.0 Å². The molecule has 31 heavy (non-hydrogen) atoms. The number of halogens is 2. The number of aromatic nitrogens is 1. The molecule has 1 aromatic heterocycles. The SMILES string of the molecule is Cc1cc(NC(=S)NC(=O)c2ccc(Cl)cc2)cc(C)c1Oc1ccc(C#N)c(Cl)n1. The van der Waals surface area contributed by atoms with Gasteiger partial charge >= 0.3 is 0 Å². The molecule has 9 heteroatoms. The Morgan fingerprint density at radius 3 is 2.32 bits per heavy atom. The van der Waals surface area contributed by atoms with Crippen molar-refractivity contribution < 1.29 is 9.53 Å². The molecular weight excluding hydrogens is 455 g/mol. The first kappa shape index (κ1) is 22.5. The van der Waals surface area contributed by atoms with Gasteiger partial charge < -0.3 is 10.1 Å². The Hall–Kier alpha value is -3.18. The number of rotatable bonds is 4. The van der Waals surface area contributed by atoms with Crippen LogP contribution in [0.5, 0.6) is 11.6 Å². The molecule has 0 aliphatic rings. The molecule has 0 spiro atoms. The number of nitrogens with zero attached hydrogens (tertiary/aromatic N) is 2. The van der Waals surface area contributed by atoms with Gasteiger partial charge in [0.05, 0.1) is 5.56 Å². The van der Waals surface area contributed by atoms with E-state index in [1.807, 2.05) is 32.0 Å². The van der Waals surface area contributed by atoms with Gasteiger partial charge in [-0.1, -0.05) is 23.2 Å². The summed E-state index contributed by atoms with van der Waals surface area (Å²) in [5.41, 5.74) is 3.04. The van der Waals surface area contributed by atoms with E-state index < -0.39 is 0 Å². The number of nitrogens with one attached hydrogen (secondary N) is 2. The Morgan fingerprint density at radius 1 is 1.10 bits per heavy atom. The Bertz CT molecular complexity index is 1180. The molecule has 0 radical (unpaired) electrons. The molecule has 156 valence electrons. The molecule has 0 unspecified atom stereocenters. The zero-order chi connectivity index (χ0) is 22.5. The van der Waals surface area contributed by atoms with Crippen molar-refractivity contribution in [1.82, 2.24) is 10.3 Å². The van der Waals surface area contributed by atoms with Crippen LogP contribution in [0.3, 0.4) is 0 Å². The summed E-state index contributed by atoms with van der Waals surface area (Å²) in [5, 5.41) is 15.4. The molecule has 1 amide bonds. The molecule has 0 saturated heterocycles. The molecule has 3 rings (SSSR count). The van der Waals surface area contributed by atoms with Gasteiger partial charge in [-0.2, -0.15) is 10.2 Å². The normalized spacial score (nSPS) is 10.2. The van der Waals surface area contributed by atoms with E-state index in [1.54, 1.807) is 36.4 Å².